The van der Waals surface area contributed by atoms with Crippen LogP contribution >= 0.6 is 11.8 Å². The maximum absolute atomic E-state index is 12.7. The summed E-state index contributed by atoms with van der Waals surface area (Å²) in [5.41, 5.74) is 5.55. The molecule has 2 aromatic heterocycles. The van der Waals surface area contributed by atoms with E-state index in [1.54, 1.807) is 0 Å². The lowest BCUT2D eigenvalue weighted by atomic mass is 10.0. The number of piperidine rings is 1. The van der Waals surface area contributed by atoms with E-state index in [2.05, 4.69) is 60.5 Å². The molecular weight excluding hydrogens is 356 g/mol. The number of aromatic nitrogens is 3. The number of likely N-dealkylation sites (tertiary alicyclic amines) is 1. The average Bonchev–Trinajstić information content (AvgIpc) is 3.04. The lowest BCUT2D eigenvalue weighted by molar-refractivity contribution is -0.131. The highest BCUT2D eigenvalue weighted by Gasteiger charge is 2.24. The molecule has 0 bridgehead atoms. The third-order valence-corrected chi connectivity index (χ3v) is 6.42. The largest absolute Gasteiger partial charge is 0.339 e. The summed E-state index contributed by atoms with van der Waals surface area (Å²) >= 11 is 1.49. The summed E-state index contributed by atoms with van der Waals surface area (Å²) in [4.78, 5) is 14.8. The number of hydrogen-bond donors (Lipinski definition) is 0. The van der Waals surface area contributed by atoms with E-state index in [0.29, 0.717) is 11.8 Å². The van der Waals surface area contributed by atoms with Crippen LogP contribution in [0.3, 0.4) is 0 Å². The summed E-state index contributed by atoms with van der Waals surface area (Å²) in [5.74, 6) is 0.611. The Bertz CT molecular complexity index is 1030. The topological polar surface area (TPSA) is 50.5 Å². The summed E-state index contributed by atoms with van der Waals surface area (Å²) in [6.07, 6.45) is 3.43. The highest BCUT2D eigenvalue weighted by Crippen LogP contribution is 2.29. The Labute approximate surface area is 164 Å². The molecule has 0 N–H and O–H groups in total. The van der Waals surface area contributed by atoms with Crippen molar-refractivity contribution in [2.24, 2.45) is 0 Å². The number of fused-ring (bicyclic) bond motifs is 3. The van der Waals surface area contributed by atoms with Gasteiger partial charge in [0.2, 0.25) is 5.91 Å². The molecule has 0 aliphatic carbocycles. The molecule has 0 unspecified atom stereocenters. The molecule has 0 saturated carbocycles. The molecule has 1 fully saturated rings. The Morgan fingerprint density at radius 3 is 2.74 bits per heavy atom. The molecule has 1 atom stereocenters. The summed E-state index contributed by atoms with van der Waals surface area (Å²) in [6.45, 7) is 9.33. The molecule has 1 aliphatic heterocycles. The zero-order valence-electron chi connectivity index (χ0n) is 16.5. The Morgan fingerprint density at radius 1 is 1.15 bits per heavy atom. The van der Waals surface area contributed by atoms with E-state index in [1.807, 2.05) is 4.90 Å². The van der Waals surface area contributed by atoms with E-state index in [-0.39, 0.29) is 5.91 Å². The van der Waals surface area contributed by atoms with Crippen LogP contribution in [0, 0.1) is 20.8 Å². The van der Waals surface area contributed by atoms with Gasteiger partial charge < -0.3 is 4.90 Å². The Morgan fingerprint density at radius 2 is 1.96 bits per heavy atom. The van der Waals surface area contributed by atoms with Gasteiger partial charge in [0.15, 0.2) is 10.8 Å². The number of benzene rings is 1. The van der Waals surface area contributed by atoms with Crippen molar-refractivity contribution in [1.82, 2.24) is 19.5 Å². The number of hydrogen-bond acceptors (Lipinski definition) is 4. The molecule has 1 aliphatic rings. The molecule has 1 aromatic carbocycles. The second-order valence-corrected chi connectivity index (χ2v) is 8.65. The summed E-state index contributed by atoms with van der Waals surface area (Å²) in [5, 5.41) is 10.8. The lowest BCUT2D eigenvalue weighted by Crippen LogP contribution is -2.42. The number of thioether (sulfide) groups is 1. The standard InChI is InChI=1S/C21H26N4OS/c1-13-9-14(2)19-17(10-13)11-15(3)20-22-23-21(25(19)20)27-12-18(26)24-8-6-5-7-16(24)4/h9-11,16H,5-8,12H2,1-4H3/t16-/m0/s1. The predicted octanol–water partition coefficient (Wildman–Crippen LogP) is 4.30. The summed E-state index contributed by atoms with van der Waals surface area (Å²) in [6, 6.07) is 6.90. The van der Waals surface area contributed by atoms with Gasteiger partial charge in [-0.05, 0) is 75.6 Å². The molecular formula is C21H26N4OS. The molecule has 5 nitrogen and oxygen atoms in total. The van der Waals surface area contributed by atoms with Gasteiger partial charge in [-0.25, -0.2) is 0 Å². The maximum atomic E-state index is 12.7. The number of aryl methyl sites for hydroxylation is 3. The van der Waals surface area contributed by atoms with Crippen LogP contribution in [-0.2, 0) is 4.79 Å². The molecule has 0 spiro atoms. The fourth-order valence-electron chi connectivity index (χ4n) is 4.20. The Kier molecular flexibility index (Phi) is 4.84. The number of rotatable bonds is 3. The number of nitrogens with zero attached hydrogens (tertiary/aromatic N) is 4. The van der Waals surface area contributed by atoms with Crippen molar-refractivity contribution in [3.05, 3.63) is 34.9 Å². The van der Waals surface area contributed by atoms with E-state index >= 15 is 0 Å². The van der Waals surface area contributed by atoms with Gasteiger partial charge in [-0.1, -0.05) is 23.4 Å². The van der Waals surface area contributed by atoms with Crippen LogP contribution in [0.25, 0.3) is 16.6 Å². The quantitative estimate of drug-likeness (QED) is 0.634. The second-order valence-electron chi connectivity index (χ2n) is 7.71. The zero-order valence-corrected chi connectivity index (χ0v) is 17.3. The van der Waals surface area contributed by atoms with Gasteiger partial charge in [-0.3, -0.25) is 9.20 Å². The van der Waals surface area contributed by atoms with Gasteiger partial charge >= 0.3 is 0 Å². The van der Waals surface area contributed by atoms with Gasteiger partial charge in [-0.2, -0.15) is 0 Å². The molecule has 27 heavy (non-hydrogen) atoms. The van der Waals surface area contributed by atoms with Crippen LogP contribution in [0.1, 0.15) is 42.9 Å². The van der Waals surface area contributed by atoms with E-state index in [4.69, 9.17) is 0 Å². The number of carbonyl (C=O) groups excluding carboxylic acids is 1. The number of amides is 1. The minimum Gasteiger partial charge on any atom is -0.339 e. The molecule has 6 heteroatoms. The predicted molar refractivity (Wildman–Crippen MR) is 110 cm³/mol. The fourth-order valence-corrected chi connectivity index (χ4v) is 5.03. The van der Waals surface area contributed by atoms with Crippen LogP contribution in [0.5, 0.6) is 0 Å². The van der Waals surface area contributed by atoms with Crippen molar-refractivity contribution >= 4 is 34.2 Å². The van der Waals surface area contributed by atoms with Gasteiger partial charge in [0.05, 0.1) is 11.3 Å². The van der Waals surface area contributed by atoms with Crippen LogP contribution in [0.2, 0.25) is 0 Å². The van der Waals surface area contributed by atoms with Crippen LogP contribution in [0.15, 0.2) is 23.4 Å². The van der Waals surface area contributed by atoms with Gasteiger partial charge in [0.25, 0.3) is 0 Å². The first-order valence-corrected chi connectivity index (χ1v) is 10.6. The second kappa shape index (κ2) is 7.15. The van der Waals surface area contributed by atoms with Crippen LogP contribution in [0.4, 0.5) is 0 Å². The highest BCUT2D eigenvalue weighted by molar-refractivity contribution is 7.99. The first-order valence-electron chi connectivity index (χ1n) is 9.63. The van der Waals surface area contributed by atoms with Crippen LogP contribution < -0.4 is 0 Å². The van der Waals surface area contributed by atoms with Crippen molar-refractivity contribution in [2.45, 2.75) is 58.2 Å². The minimum absolute atomic E-state index is 0.202. The highest BCUT2D eigenvalue weighted by atomic mass is 32.2. The summed E-state index contributed by atoms with van der Waals surface area (Å²) in [7, 11) is 0. The monoisotopic (exact) mass is 382 g/mol. The molecule has 1 amide bonds. The molecule has 3 heterocycles. The summed E-state index contributed by atoms with van der Waals surface area (Å²) < 4.78 is 2.12. The van der Waals surface area contributed by atoms with Crippen LogP contribution in [-0.4, -0.2) is 43.7 Å². The molecule has 1 saturated heterocycles. The molecule has 4 rings (SSSR count). The van der Waals surface area contributed by atoms with Gasteiger partial charge in [0, 0.05) is 12.6 Å². The van der Waals surface area contributed by atoms with Gasteiger partial charge in [0.1, 0.15) is 0 Å². The normalized spacial score (nSPS) is 17.8. The molecule has 0 radical (unpaired) electrons. The average molecular weight is 383 g/mol. The first-order chi connectivity index (χ1) is 13.0. The van der Waals surface area contributed by atoms with Gasteiger partial charge in [-0.15, -0.1) is 10.2 Å². The zero-order chi connectivity index (χ0) is 19.1. The fraction of sp³-hybridized carbons (Fsp3) is 0.476. The maximum Gasteiger partial charge on any atom is 0.233 e. The number of pyridine rings is 1. The van der Waals surface area contributed by atoms with E-state index < -0.39 is 0 Å². The van der Waals surface area contributed by atoms with Crippen molar-refractivity contribution in [2.75, 3.05) is 12.3 Å². The third-order valence-electron chi connectivity index (χ3n) is 5.50. The third kappa shape index (κ3) is 3.31. The Balaban J connectivity index is 1.69. The smallest absolute Gasteiger partial charge is 0.233 e. The lowest BCUT2D eigenvalue weighted by Gasteiger charge is -2.33. The van der Waals surface area contributed by atoms with E-state index in [1.165, 1.54) is 34.7 Å². The SMILES string of the molecule is Cc1cc(C)c2c(c1)cc(C)c1nnc(SCC(=O)N3CCCC[C@@H]3C)n12. The number of carbonyl (C=O) groups is 1. The minimum atomic E-state index is 0.202. The van der Waals surface area contributed by atoms with Crippen molar-refractivity contribution in [3.63, 3.8) is 0 Å². The van der Waals surface area contributed by atoms with E-state index in [0.717, 1.165) is 41.3 Å². The van der Waals surface area contributed by atoms with E-state index in [9.17, 15) is 4.79 Å². The Hall–Kier alpha value is -2.08. The van der Waals surface area contributed by atoms with Crippen molar-refractivity contribution in [1.29, 1.82) is 0 Å². The van der Waals surface area contributed by atoms with Crippen molar-refractivity contribution < 1.29 is 4.79 Å². The molecule has 142 valence electrons. The molecule has 3 aromatic rings. The first kappa shape index (κ1) is 18.3. The van der Waals surface area contributed by atoms with Crippen molar-refractivity contribution in [3.8, 4) is 0 Å².